The highest BCUT2D eigenvalue weighted by Crippen LogP contribution is 2.13. The van der Waals surface area contributed by atoms with Crippen LogP contribution >= 0.6 is 0 Å². The third-order valence-electron chi connectivity index (χ3n) is 2.83. The van der Waals surface area contributed by atoms with Crippen LogP contribution in [0.3, 0.4) is 0 Å². The lowest BCUT2D eigenvalue weighted by Crippen LogP contribution is -2.19. The quantitative estimate of drug-likeness (QED) is 0.859. The largest absolute Gasteiger partial charge is 0.444 e. The van der Waals surface area contributed by atoms with Gasteiger partial charge >= 0.3 is 0 Å². The summed E-state index contributed by atoms with van der Waals surface area (Å²) in [5.74, 6) is 1.03. The van der Waals surface area contributed by atoms with Crippen molar-refractivity contribution in [2.24, 2.45) is 5.73 Å². The number of nitrogens with two attached hydrogens (primary N) is 1. The van der Waals surface area contributed by atoms with E-state index in [4.69, 9.17) is 10.2 Å². The summed E-state index contributed by atoms with van der Waals surface area (Å²) in [7, 11) is 0. The smallest absolute Gasteiger partial charge is 0.248 e. The number of hydrogen-bond acceptors (Lipinski definition) is 4. The maximum Gasteiger partial charge on any atom is 0.248 e. The van der Waals surface area contributed by atoms with Gasteiger partial charge in [-0.25, -0.2) is 4.98 Å². The lowest BCUT2D eigenvalue weighted by atomic mass is 10.1. The molecule has 2 rings (SSSR count). The molecule has 0 fully saturated rings. The monoisotopic (exact) mass is 259 g/mol. The van der Waals surface area contributed by atoms with Crippen LogP contribution in [0.4, 0.5) is 0 Å². The highest BCUT2D eigenvalue weighted by molar-refractivity contribution is 5.92. The number of carbonyl (C=O) groups is 1. The fraction of sp³-hybridized carbons (Fsp3) is 0.286. The molecule has 0 saturated carbocycles. The first-order chi connectivity index (χ1) is 9.06. The average molecular weight is 259 g/mol. The number of nitrogens with zero attached hydrogens (tertiary/aromatic N) is 1. The molecule has 0 aliphatic rings. The Bertz CT molecular complexity index is 578. The van der Waals surface area contributed by atoms with Crippen LogP contribution in [0.2, 0.25) is 0 Å². The zero-order valence-electron chi connectivity index (χ0n) is 11.0. The molecule has 1 heterocycles. The van der Waals surface area contributed by atoms with Crippen molar-refractivity contribution in [1.82, 2.24) is 10.3 Å². The minimum atomic E-state index is -0.418. The van der Waals surface area contributed by atoms with Crippen LogP contribution in [0, 0.1) is 6.92 Å². The fourth-order valence-corrected chi connectivity index (χ4v) is 1.77. The highest BCUT2D eigenvalue weighted by atomic mass is 16.4. The Morgan fingerprint density at radius 2 is 2.32 bits per heavy atom. The molecule has 3 N–H and O–H groups in total. The summed E-state index contributed by atoms with van der Waals surface area (Å²) in [6.45, 7) is 4.45. The number of primary amides is 1. The number of aromatic nitrogens is 1. The van der Waals surface area contributed by atoms with Crippen molar-refractivity contribution in [2.45, 2.75) is 26.4 Å². The van der Waals surface area contributed by atoms with Crippen molar-refractivity contribution in [3.05, 3.63) is 53.2 Å². The summed E-state index contributed by atoms with van der Waals surface area (Å²) in [5, 5.41) is 3.29. The molecular formula is C14H17N3O2. The van der Waals surface area contributed by atoms with Gasteiger partial charge in [0.25, 0.3) is 0 Å². The van der Waals surface area contributed by atoms with Crippen LogP contribution in [0.25, 0.3) is 0 Å². The standard InChI is InChI=1S/C14H17N3O2/c1-9-7-17-14(19-9)10(2)16-8-11-4-3-5-12(6-11)13(15)18/h3-7,10,16H,8H2,1-2H3,(H2,15,18). The zero-order valence-corrected chi connectivity index (χ0v) is 11.0. The van der Waals surface area contributed by atoms with E-state index in [-0.39, 0.29) is 6.04 Å². The van der Waals surface area contributed by atoms with E-state index < -0.39 is 5.91 Å². The number of aryl methyl sites for hydroxylation is 1. The predicted octanol–water partition coefficient (Wildman–Crippen LogP) is 1.93. The van der Waals surface area contributed by atoms with Crippen molar-refractivity contribution in [1.29, 1.82) is 0 Å². The van der Waals surface area contributed by atoms with E-state index in [1.165, 1.54) is 0 Å². The van der Waals surface area contributed by atoms with Crippen LogP contribution in [0.5, 0.6) is 0 Å². The molecular weight excluding hydrogens is 242 g/mol. The Kier molecular flexibility index (Phi) is 3.97. The highest BCUT2D eigenvalue weighted by Gasteiger charge is 2.10. The van der Waals surface area contributed by atoms with Gasteiger partial charge in [-0.3, -0.25) is 4.79 Å². The zero-order chi connectivity index (χ0) is 13.8. The van der Waals surface area contributed by atoms with Gasteiger partial charge in [0.15, 0.2) is 0 Å². The Morgan fingerprint density at radius 1 is 1.53 bits per heavy atom. The van der Waals surface area contributed by atoms with Gasteiger partial charge < -0.3 is 15.5 Å². The summed E-state index contributed by atoms with van der Waals surface area (Å²) in [6, 6.07) is 7.24. The molecule has 1 aromatic heterocycles. The number of oxazole rings is 1. The van der Waals surface area contributed by atoms with E-state index in [1.54, 1.807) is 18.3 Å². The first-order valence-electron chi connectivity index (χ1n) is 6.10. The first-order valence-corrected chi connectivity index (χ1v) is 6.10. The number of amides is 1. The van der Waals surface area contributed by atoms with E-state index >= 15 is 0 Å². The van der Waals surface area contributed by atoms with Crippen LogP contribution in [-0.2, 0) is 6.54 Å². The summed E-state index contributed by atoms with van der Waals surface area (Å²) in [6.07, 6.45) is 1.70. The number of carbonyl (C=O) groups excluding carboxylic acids is 1. The van der Waals surface area contributed by atoms with Gasteiger partial charge in [0.1, 0.15) is 5.76 Å². The van der Waals surface area contributed by atoms with Gasteiger partial charge in [0, 0.05) is 12.1 Å². The molecule has 1 aromatic carbocycles. The molecule has 2 aromatic rings. The predicted molar refractivity (Wildman–Crippen MR) is 71.5 cm³/mol. The second kappa shape index (κ2) is 5.67. The molecule has 0 aliphatic carbocycles. The van der Waals surface area contributed by atoms with E-state index in [2.05, 4.69) is 10.3 Å². The fourth-order valence-electron chi connectivity index (χ4n) is 1.77. The second-order valence-electron chi connectivity index (χ2n) is 4.48. The molecule has 0 bridgehead atoms. The van der Waals surface area contributed by atoms with Gasteiger partial charge in [-0.05, 0) is 31.5 Å². The number of benzene rings is 1. The molecule has 0 aliphatic heterocycles. The maximum atomic E-state index is 11.1. The molecule has 1 unspecified atom stereocenters. The van der Waals surface area contributed by atoms with Crippen molar-refractivity contribution in [2.75, 3.05) is 0 Å². The van der Waals surface area contributed by atoms with Gasteiger partial charge in [-0.2, -0.15) is 0 Å². The SMILES string of the molecule is Cc1cnc(C(C)NCc2cccc(C(N)=O)c2)o1. The van der Waals surface area contributed by atoms with Crippen LogP contribution in [0.15, 0.2) is 34.9 Å². The molecule has 0 saturated heterocycles. The molecule has 5 nitrogen and oxygen atoms in total. The minimum Gasteiger partial charge on any atom is -0.444 e. The molecule has 1 atom stereocenters. The summed E-state index contributed by atoms with van der Waals surface area (Å²) < 4.78 is 5.45. The second-order valence-corrected chi connectivity index (χ2v) is 4.48. The average Bonchev–Trinajstić information content (AvgIpc) is 2.83. The lowest BCUT2D eigenvalue weighted by molar-refractivity contribution is 0.1000. The lowest BCUT2D eigenvalue weighted by Gasteiger charge is -2.10. The van der Waals surface area contributed by atoms with Crippen LogP contribution in [-0.4, -0.2) is 10.9 Å². The third kappa shape index (κ3) is 3.42. The molecule has 0 spiro atoms. The van der Waals surface area contributed by atoms with E-state index in [0.29, 0.717) is 18.0 Å². The number of rotatable bonds is 5. The Hall–Kier alpha value is -2.14. The van der Waals surface area contributed by atoms with Gasteiger partial charge in [-0.15, -0.1) is 0 Å². The van der Waals surface area contributed by atoms with Gasteiger partial charge in [0.05, 0.1) is 12.2 Å². The number of nitrogens with one attached hydrogen (secondary N) is 1. The number of hydrogen-bond donors (Lipinski definition) is 2. The van der Waals surface area contributed by atoms with Gasteiger partial charge in [0.2, 0.25) is 11.8 Å². The van der Waals surface area contributed by atoms with Crippen molar-refractivity contribution < 1.29 is 9.21 Å². The Labute approximate surface area is 111 Å². The topological polar surface area (TPSA) is 81.1 Å². The van der Waals surface area contributed by atoms with Crippen molar-refractivity contribution in [3.8, 4) is 0 Å². The summed E-state index contributed by atoms with van der Waals surface area (Å²) in [4.78, 5) is 15.3. The molecule has 19 heavy (non-hydrogen) atoms. The molecule has 5 heteroatoms. The molecule has 0 radical (unpaired) electrons. The van der Waals surface area contributed by atoms with E-state index in [1.807, 2.05) is 26.0 Å². The van der Waals surface area contributed by atoms with Gasteiger partial charge in [-0.1, -0.05) is 12.1 Å². The Balaban J connectivity index is 1.98. The van der Waals surface area contributed by atoms with Crippen molar-refractivity contribution in [3.63, 3.8) is 0 Å². The Morgan fingerprint density at radius 3 is 2.95 bits per heavy atom. The maximum absolute atomic E-state index is 11.1. The normalized spacial score (nSPS) is 12.3. The van der Waals surface area contributed by atoms with Crippen molar-refractivity contribution >= 4 is 5.91 Å². The van der Waals surface area contributed by atoms with Crippen LogP contribution < -0.4 is 11.1 Å². The molecule has 100 valence electrons. The van der Waals surface area contributed by atoms with E-state index in [9.17, 15) is 4.79 Å². The minimum absolute atomic E-state index is 0.00549. The van der Waals surface area contributed by atoms with Crippen LogP contribution in [0.1, 0.15) is 40.5 Å². The van der Waals surface area contributed by atoms with E-state index in [0.717, 1.165) is 11.3 Å². The first kappa shape index (κ1) is 13.3. The molecule has 1 amide bonds. The third-order valence-corrected chi connectivity index (χ3v) is 2.83. The summed E-state index contributed by atoms with van der Waals surface area (Å²) in [5.41, 5.74) is 6.75. The summed E-state index contributed by atoms with van der Waals surface area (Å²) >= 11 is 0.